The Kier molecular flexibility index (Phi) is 5.77. The molecule has 0 bridgehead atoms. The number of hydrogen-bond acceptors (Lipinski definition) is 3. The van der Waals surface area contributed by atoms with Gasteiger partial charge in [-0.2, -0.15) is 0 Å². The highest BCUT2D eigenvalue weighted by Crippen LogP contribution is 2.30. The van der Waals surface area contributed by atoms with Crippen LogP contribution >= 0.6 is 11.6 Å². The van der Waals surface area contributed by atoms with Crippen molar-refractivity contribution in [3.05, 3.63) is 89.4 Å². The number of anilines is 1. The summed E-state index contributed by atoms with van der Waals surface area (Å²) in [5, 5.41) is 3.31. The first-order valence-corrected chi connectivity index (χ1v) is 8.46. The predicted molar refractivity (Wildman–Crippen MR) is 103 cm³/mol. The monoisotopic (exact) mass is 367 g/mol. The summed E-state index contributed by atoms with van der Waals surface area (Å²) in [4.78, 5) is 12.9. The molecular formula is C21H18ClNO3. The highest BCUT2D eigenvalue weighted by molar-refractivity contribution is 6.32. The molecule has 26 heavy (non-hydrogen) atoms. The summed E-state index contributed by atoms with van der Waals surface area (Å²) in [5.41, 5.74) is 1.35. The van der Waals surface area contributed by atoms with Crippen LogP contribution in [0.1, 0.15) is 11.7 Å². The molecule has 5 heteroatoms. The van der Waals surface area contributed by atoms with Crippen molar-refractivity contribution in [3.63, 3.8) is 0 Å². The molecule has 0 aliphatic heterocycles. The maximum Gasteiger partial charge on any atom is 0.270 e. The molecule has 0 unspecified atom stereocenters. The standard InChI is InChI=1S/C21H18ClNO3/c1-25-17-11-7-10-16(14-17)23-21(24)20(15-8-3-2-4-9-15)26-19-13-6-5-12-18(19)22/h2-14,20H,1H3,(H,23,24)/t20-/m0/s1. The third kappa shape index (κ3) is 4.35. The van der Waals surface area contributed by atoms with Crippen LogP contribution in [0.3, 0.4) is 0 Å². The van der Waals surface area contributed by atoms with Crippen molar-refractivity contribution in [3.8, 4) is 11.5 Å². The van der Waals surface area contributed by atoms with Gasteiger partial charge in [-0.25, -0.2) is 0 Å². The van der Waals surface area contributed by atoms with E-state index in [1.54, 1.807) is 37.4 Å². The van der Waals surface area contributed by atoms with Gasteiger partial charge < -0.3 is 14.8 Å². The van der Waals surface area contributed by atoms with Crippen LogP contribution in [-0.2, 0) is 4.79 Å². The van der Waals surface area contributed by atoms with E-state index in [0.717, 1.165) is 5.56 Å². The molecule has 3 rings (SSSR count). The van der Waals surface area contributed by atoms with Crippen LogP contribution in [0.25, 0.3) is 0 Å². The third-order valence-electron chi connectivity index (χ3n) is 3.76. The van der Waals surface area contributed by atoms with Gasteiger partial charge in [-0.15, -0.1) is 0 Å². The second-order valence-corrected chi connectivity index (χ2v) is 5.97. The Hall–Kier alpha value is -2.98. The molecule has 0 aliphatic rings. The summed E-state index contributed by atoms with van der Waals surface area (Å²) >= 11 is 6.19. The molecule has 0 saturated heterocycles. The highest BCUT2D eigenvalue weighted by Gasteiger charge is 2.23. The molecule has 0 heterocycles. The second kappa shape index (κ2) is 8.41. The van der Waals surface area contributed by atoms with Gasteiger partial charge in [0.05, 0.1) is 12.1 Å². The molecule has 0 aliphatic carbocycles. The number of carbonyl (C=O) groups excluding carboxylic acids is 1. The van der Waals surface area contributed by atoms with Gasteiger partial charge in [-0.3, -0.25) is 4.79 Å². The molecule has 0 aromatic heterocycles. The van der Waals surface area contributed by atoms with Crippen LogP contribution in [0.15, 0.2) is 78.9 Å². The fourth-order valence-electron chi connectivity index (χ4n) is 2.48. The second-order valence-electron chi connectivity index (χ2n) is 5.56. The summed E-state index contributed by atoms with van der Waals surface area (Å²) in [6.07, 6.45) is -0.845. The van der Waals surface area contributed by atoms with Gasteiger partial charge in [0.25, 0.3) is 5.91 Å². The summed E-state index contributed by atoms with van der Waals surface area (Å²) < 4.78 is 11.1. The lowest BCUT2D eigenvalue weighted by molar-refractivity contribution is -0.123. The van der Waals surface area contributed by atoms with E-state index in [9.17, 15) is 4.79 Å². The highest BCUT2D eigenvalue weighted by atomic mass is 35.5. The number of para-hydroxylation sites is 1. The topological polar surface area (TPSA) is 47.6 Å². The molecule has 1 amide bonds. The molecule has 0 saturated carbocycles. The van der Waals surface area contributed by atoms with Gasteiger partial charge in [-0.05, 0) is 24.3 Å². The van der Waals surface area contributed by atoms with E-state index in [2.05, 4.69) is 5.32 Å². The third-order valence-corrected chi connectivity index (χ3v) is 4.07. The van der Waals surface area contributed by atoms with Crippen LogP contribution in [0.4, 0.5) is 5.69 Å². The van der Waals surface area contributed by atoms with E-state index in [4.69, 9.17) is 21.1 Å². The normalized spacial score (nSPS) is 11.5. The number of rotatable bonds is 6. The maximum absolute atomic E-state index is 12.9. The first kappa shape index (κ1) is 17.8. The van der Waals surface area contributed by atoms with Crippen molar-refractivity contribution in [2.45, 2.75) is 6.10 Å². The van der Waals surface area contributed by atoms with Crippen LogP contribution in [0, 0.1) is 0 Å². The quantitative estimate of drug-likeness (QED) is 0.658. The fraction of sp³-hybridized carbons (Fsp3) is 0.0952. The van der Waals surface area contributed by atoms with Crippen molar-refractivity contribution in [1.29, 1.82) is 0 Å². The van der Waals surface area contributed by atoms with Crippen LogP contribution < -0.4 is 14.8 Å². The first-order chi connectivity index (χ1) is 12.7. The van der Waals surface area contributed by atoms with Gasteiger partial charge >= 0.3 is 0 Å². The lowest BCUT2D eigenvalue weighted by atomic mass is 10.1. The minimum Gasteiger partial charge on any atom is -0.497 e. The summed E-state index contributed by atoms with van der Waals surface area (Å²) in [7, 11) is 1.58. The summed E-state index contributed by atoms with van der Waals surface area (Å²) in [5.74, 6) is 0.805. The maximum atomic E-state index is 12.9. The largest absolute Gasteiger partial charge is 0.497 e. The molecular weight excluding hydrogens is 350 g/mol. The predicted octanol–water partition coefficient (Wildman–Crippen LogP) is 5.11. The van der Waals surface area contributed by atoms with E-state index in [0.29, 0.717) is 22.2 Å². The van der Waals surface area contributed by atoms with Crippen molar-refractivity contribution >= 4 is 23.2 Å². The van der Waals surface area contributed by atoms with Gasteiger partial charge in [0.15, 0.2) is 0 Å². The van der Waals surface area contributed by atoms with Crippen molar-refractivity contribution in [2.24, 2.45) is 0 Å². The van der Waals surface area contributed by atoms with Gasteiger partial charge in [0.2, 0.25) is 6.10 Å². The van der Waals surface area contributed by atoms with E-state index >= 15 is 0 Å². The number of nitrogens with one attached hydrogen (secondary N) is 1. The fourth-order valence-corrected chi connectivity index (χ4v) is 2.66. The van der Waals surface area contributed by atoms with Gasteiger partial charge in [0, 0.05) is 17.3 Å². The molecule has 3 aromatic rings. The molecule has 3 aromatic carbocycles. The number of amides is 1. The van der Waals surface area contributed by atoms with Gasteiger partial charge in [-0.1, -0.05) is 60.1 Å². The number of carbonyl (C=O) groups is 1. The molecule has 1 N–H and O–H groups in total. The van der Waals surface area contributed by atoms with E-state index in [1.165, 1.54) is 0 Å². The number of methoxy groups -OCH3 is 1. The Morgan fingerprint density at radius 1 is 0.962 bits per heavy atom. The van der Waals surface area contributed by atoms with E-state index in [1.807, 2.05) is 48.5 Å². The zero-order chi connectivity index (χ0) is 18.4. The molecule has 0 spiro atoms. The Morgan fingerprint density at radius 3 is 2.42 bits per heavy atom. The van der Waals surface area contributed by atoms with Crippen molar-refractivity contribution in [1.82, 2.24) is 0 Å². The number of benzene rings is 3. The Morgan fingerprint density at radius 2 is 1.69 bits per heavy atom. The zero-order valence-electron chi connectivity index (χ0n) is 14.2. The molecule has 0 radical (unpaired) electrons. The van der Waals surface area contributed by atoms with Crippen LogP contribution in [0.5, 0.6) is 11.5 Å². The Labute approximate surface area is 157 Å². The number of halogens is 1. The van der Waals surface area contributed by atoms with Crippen molar-refractivity contribution < 1.29 is 14.3 Å². The van der Waals surface area contributed by atoms with Gasteiger partial charge in [0.1, 0.15) is 11.5 Å². The molecule has 132 valence electrons. The van der Waals surface area contributed by atoms with E-state index in [-0.39, 0.29) is 5.91 Å². The Balaban J connectivity index is 1.87. The first-order valence-electron chi connectivity index (χ1n) is 8.08. The average Bonchev–Trinajstić information content (AvgIpc) is 2.68. The smallest absolute Gasteiger partial charge is 0.270 e. The minimum atomic E-state index is -0.845. The average molecular weight is 368 g/mol. The lowest BCUT2D eigenvalue weighted by Gasteiger charge is -2.20. The zero-order valence-corrected chi connectivity index (χ0v) is 14.9. The molecule has 4 nitrogen and oxygen atoms in total. The van der Waals surface area contributed by atoms with E-state index < -0.39 is 6.10 Å². The summed E-state index contributed by atoms with van der Waals surface area (Å²) in [6, 6.07) is 23.5. The Bertz CT molecular complexity index is 883. The number of ether oxygens (including phenoxy) is 2. The van der Waals surface area contributed by atoms with Crippen LogP contribution in [0.2, 0.25) is 5.02 Å². The molecule has 0 fully saturated rings. The van der Waals surface area contributed by atoms with Crippen LogP contribution in [-0.4, -0.2) is 13.0 Å². The minimum absolute atomic E-state index is 0.302. The summed E-state index contributed by atoms with van der Waals surface area (Å²) in [6.45, 7) is 0. The lowest BCUT2D eigenvalue weighted by Crippen LogP contribution is -2.25. The van der Waals surface area contributed by atoms with Crippen molar-refractivity contribution in [2.75, 3.05) is 12.4 Å². The molecule has 1 atom stereocenters. The number of hydrogen-bond donors (Lipinski definition) is 1. The SMILES string of the molecule is COc1cccc(NC(=O)[C@@H](Oc2ccccc2Cl)c2ccccc2)c1.